The van der Waals surface area contributed by atoms with Gasteiger partial charge in [0.25, 0.3) is 0 Å². The predicted molar refractivity (Wildman–Crippen MR) is 60.7 cm³/mol. The summed E-state index contributed by atoms with van der Waals surface area (Å²) in [4.78, 5) is 11.2. The molecule has 0 aromatic heterocycles. The number of halogens is 4. The Labute approximate surface area is 103 Å². The molecular formula is C10H12ClF3N2O. The maximum atomic E-state index is 13.1. The summed E-state index contributed by atoms with van der Waals surface area (Å²) in [6.45, 7) is 0.414. The Kier molecular flexibility index (Phi) is 6.60. The summed E-state index contributed by atoms with van der Waals surface area (Å²) in [5, 5.41) is 4.88. The number of carbonyl (C=O) groups excluding carboxylic acids is 1. The van der Waals surface area contributed by atoms with Crippen molar-refractivity contribution in [2.75, 3.05) is 18.9 Å². The third-order valence-electron chi connectivity index (χ3n) is 1.89. The Morgan fingerprint density at radius 3 is 2.35 bits per heavy atom. The van der Waals surface area contributed by atoms with E-state index in [9.17, 15) is 18.0 Å². The van der Waals surface area contributed by atoms with Crippen LogP contribution in [-0.4, -0.2) is 19.5 Å². The fourth-order valence-electron chi connectivity index (χ4n) is 1.07. The second-order valence-electron chi connectivity index (χ2n) is 3.15. The molecule has 0 aliphatic heterocycles. The average molecular weight is 269 g/mol. The standard InChI is InChI=1S/C10H11F3N2O.ClH/c1-14-3-2-10(16)15-9-5-7(12)6(11)4-8(9)13;/h4-5,14H,2-3H2,1H3,(H,15,16);1H. The molecule has 2 N–H and O–H groups in total. The zero-order valence-electron chi connectivity index (χ0n) is 9.02. The minimum absolute atomic E-state index is 0. The summed E-state index contributed by atoms with van der Waals surface area (Å²) in [5.41, 5.74) is -0.361. The number of nitrogens with one attached hydrogen (secondary N) is 2. The molecule has 0 radical (unpaired) electrons. The van der Waals surface area contributed by atoms with E-state index in [0.29, 0.717) is 18.7 Å². The highest BCUT2D eigenvalue weighted by Gasteiger charge is 2.11. The fourth-order valence-corrected chi connectivity index (χ4v) is 1.07. The molecule has 0 saturated heterocycles. The van der Waals surface area contributed by atoms with E-state index in [1.807, 2.05) is 0 Å². The molecular weight excluding hydrogens is 257 g/mol. The molecule has 0 saturated carbocycles. The lowest BCUT2D eigenvalue weighted by Crippen LogP contribution is -2.19. The molecule has 3 nitrogen and oxygen atoms in total. The summed E-state index contributed by atoms with van der Waals surface area (Å²) in [6, 6.07) is 1.00. The number of amides is 1. The highest BCUT2D eigenvalue weighted by molar-refractivity contribution is 5.90. The van der Waals surface area contributed by atoms with Crippen molar-refractivity contribution in [2.45, 2.75) is 6.42 Å². The van der Waals surface area contributed by atoms with Crippen molar-refractivity contribution in [3.8, 4) is 0 Å². The van der Waals surface area contributed by atoms with Gasteiger partial charge in [-0.15, -0.1) is 12.4 Å². The van der Waals surface area contributed by atoms with E-state index in [-0.39, 0.29) is 24.5 Å². The van der Waals surface area contributed by atoms with Gasteiger partial charge in [-0.05, 0) is 7.05 Å². The lowest BCUT2D eigenvalue weighted by Gasteiger charge is -2.06. The minimum atomic E-state index is -1.29. The van der Waals surface area contributed by atoms with E-state index in [4.69, 9.17) is 0 Å². The summed E-state index contributed by atoms with van der Waals surface area (Å²) >= 11 is 0. The van der Waals surface area contributed by atoms with E-state index in [0.717, 1.165) is 0 Å². The van der Waals surface area contributed by atoms with Crippen LogP contribution in [0.5, 0.6) is 0 Å². The van der Waals surface area contributed by atoms with E-state index >= 15 is 0 Å². The monoisotopic (exact) mass is 268 g/mol. The molecule has 0 atom stereocenters. The van der Waals surface area contributed by atoms with Crippen molar-refractivity contribution in [3.63, 3.8) is 0 Å². The Balaban J connectivity index is 0.00000256. The maximum Gasteiger partial charge on any atom is 0.225 e. The zero-order chi connectivity index (χ0) is 12.1. The molecule has 0 heterocycles. The smallest absolute Gasteiger partial charge is 0.225 e. The van der Waals surface area contributed by atoms with Crippen LogP contribution >= 0.6 is 12.4 Å². The van der Waals surface area contributed by atoms with Gasteiger partial charge in [-0.25, -0.2) is 13.2 Å². The van der Waals surface area contributed by atoms with Crippen LogP contribution in [0.15, 0.2) is 12.1 Å². The molecule has 1 aromatic carbocycles. The van der Waals surface area contributed by atoms with Crippen LogP contribution in [-0.2, 0) is 4.79 Å². The first-order valence-corrected chi connectivity index (χ1v) is 4.63. The molecule has 1 amide bonds. The Hall–Kier alpha value is -1.27. The van der Waals surface area contributed by atoms with Crippen molar-refractivity contribution in [2.24, 2.45) is 0 Å². The molecule has 96 valence electrons. The third kappa shape index (κ3) is 4.62. The van der Waals surface area contributed by atoms with E-state index in [2.05, 4.69) is 10.6 Å². The van der Waals surface area contributed by atoms with Gasteiger partial charge in [0.05, 0.1) is 5.69 Å². The van der Waals surface area contributed by atoms with Crippen molar-refractivity contribution in [1.82, 2.24) is 5.32 Å². The van der Waals surface area contributed by atoms with Crippen molar-refractivity contribution in [1.29, 1.82) is 0 Å². The van der Waals surface area contributed by atoms with Gasteiger partial charge in [0.1, 0.15) is 5.82 Å². The number of benzene rings is 1. The molecule has 1 rings (SSSR count). The van der Waals surface area contributed by atoms with Crippen LogP contribution in [0, 0.1) is 17.5 Å². The Bertz CT molecular complexity index is 401. The topological polar surface area (TPSA) is 41.1 Å². The first-order valence-electron chi connectivity index (χ1n) is 4.63. The lowest BCUT2D eigenvalue weighted by atomic mass is 10.2. The molecule has 0 aliphatic carbocycles. The molecule has 0 bridgehead atoms. The predicted octanol–water partition coefficient (Wildman–Crippen LogP) is 2.07. The van der Waals surface area contributed by atoms with Crippen molar-refractivity contribution < 1.29 is 18.0 Å². The Morgan fingerprint density at radius 1 is 1.18 bits per heavy atom. The number of anilines is 1. The second kappa shape index (κ2) is 7.13. The van der Waals surface area contributed by atoms with Crippen LogP contribution in [0.1, 0.15) is 6.42 Å². The zero-order valence-corrected chi connectivity index (χ0v) is 9.84. The highest BCUT2D eigenvalue weighted by Crippen LogP contribution is 2.18. The first kappa shape index (κ1) is 15.7. The van der Waals surface area contributed by atoms with Gasteiger partial charge in [0.15, 0.2) is 11.6 Å². The van der Waals surface area contributed by atoms with E-state index < -0.39 is 23.4 Å². The quantitative estimate of drug-likeness (QED) is 0.821. The van der Waals surface area contributed by atoms with Gasteiger partial charge < -0.3 is 10.6 Å². The average Bonchev–Trinajstić information content (AvgIpc) is 2.23. The van der Waals surface area contributed by atoms with Gasteiger partial charge >= 0.3 is 0 Å². The van der Waals surface area contributed by atoms with Crippen molar-refractivity contribution >= 4 is 24.0 Å². The fraction of sp³-hybridized carbons (Fsp3) is 0.300. The molecule has 1 aromatic rings. The maximum absolute atomic E-state index is 13.1. The molecule has 0 fully saturated rings. The van der Waals surface area contributed by atoms with Crippen LogP contribution in [0.25, 0.3) is 0 Å². The van der Waals surface area contributed by atoms with Crippen molar-refractivity contribution in [3.05, 3.63) is 29.6 Å². The summed E-state index contributed by atoms with van der Waals surface area (Å²) in [5.74, 6) is -3.97. The summed E-state index contributed by atoms with van der Waals surface area (Å²) in [7, 11) is 1.66. The molecule has 0 spiro atoms. The van der Waals surface area contributed by atoms with E-state index in [1.165, 1.54) is 0 Å². The van der Waals surface area contributed by atoms with Gasteiger partial charge in [-0.1, -0.05) is 0 Å². The number of hydrogen-bond donors (Lipinski definition) is 2. The summed E-state index contributed by atoms with van der Waals surface area (Å²) in [6.07, 6.45) is 0.120. The second-order valence-corrected chi connectivity index (χ2v) is 3.15. The molecule has 17 heavy (non-hydrogen) atoms. The molecule has 0 aliphatic rings. The van der Waals surface area contributed by atoms with Gasteiger partial charge in [0.2, 0.25) is 5.91 Å². The van der Waals surface area contributed by atoms with Crippen LogP contribution in [0.2, 0.25) is 0 Å². The number of rotatable bonds is 4. The van der Waals surface area contributed by atoms with Gasteiger partial charge in [0, 0.05) is 25.1 Å². The number of carbonyl (C=O) groups is 1. The van der Waals surface area contributed by atoms with Gasteiger partial charge in [-0.3, -0.25) is 4.79 Å². The van der Waals surface area contributed by atoms with Crippen LogP contribution in [0.4, 0.5) is 18.9 Å². The highest BCUT2D eigenvalue weighted by atomic mass is 35.5. The largest absolute Gasteiger partial charge is 0.323 e. The van der Waals surface area contributed by atoms with E-state index in [1.54, 1.807) is 7.05 Å². The lowest BCUT2D eigenvalue weighted by molar-refractivity contribution is -0.116. The third-order valence-corrected chi connectivity index (χ3v) is 1.89. The summed E-state index contributed by atoms with van der Waals surface area (Å²) < 4.78 is 38.4. The van der Waals surface area contributed by atoms with Crippen LogP contribution < -0.4 is 10.6 Å². The molecule has 0 unspecified atom stereocenters. The minimum Gasteiger partial charge on any atom is -0.323 e. The SMILES string of the molecule is CNCCC(=O)Nc1cc(F)c(F)cc1F.Cl. The normalized spacial score (nSPS) is 9.65. The van der Waals surface area contributed by atoms with Gasteiger partial charge in [-0.2, -0.15) is 0 Å². The number of hydrogen-bond acceptors (Lipinski definition) is 2. The first-order chi connectivity index (χ1) is 7.54. The van der Waals surface area contributed by atoms with Crippen LogP contribution in [0.3, 0.4) is 0 Å². The Morgan fingerprint density at radius 2 is 1.76 bits per heavy atom. The molecule has 7 heteroatoms.